The lowest BCUT2D eigenvalue weighted by Gasteiger charge is -2.35. The fourth-order valence-corrected chi connectivity index (χ4v) is 4.12. The van der Waals surface area contributed by atoms with E-state index in [1.807, 2.05) is 29.2 Å². The van der Waals surface area contributed by atoms with E-state index in [1.165, 1.54) is 0 Å². The van der Waals surface area contributed by atoms with Crippen LogP contribution in [0.3, 0.4) is 0 Å². The number of ether oxygens (including phenoxy) is 2. The molecular formula is C19H23N5O3. The summed E-state index contributed by atoms with van der Waals surface area (Å²) in [6.07, 6.45) is 1.24. The van der Waals surface area contributed by atoms with E-state index in [2.05, 4.69) is 20.1 Å². The number of nitrogens with one attached hydrogen (secondary N) is 1. The van der Waals surface area contributed by atoms with Crippen molar-refractivity contribution in [3.05, 3.63) is 35.9 Å². The van der Waals surface area contributed by atoms with Crippen LogP contribution in [-0.4, -0.2) is 57.9 Å². The average Bonchev–Trinajstić information content (AvgIpc) is 3.17. The number of rotatable bonds is 2. The first-order chi connectivity index (χ1) is 13.3. The zero-order valence-electron chi connectivity index (χ0n) is 15.1. The van der Waals surface area contributed by atoms with Crippen molar-refractivity contribution in [3.8, 4) is 11.5 Å². The van der Waals surface area contributed by atoms with Crippen molar-refractivity contribution >= 4 is 5.91 Å². The van der Waals surface area contributed by atoms with Crippen LogP contribution < -0.4 is 14.8 Å². The minimum Gasteiger partial charge on any atom is -0.485 e. The maximum atomic E-state index is 12.9. The summed E-state index contributed by atoms with van der Waals surface area (Å²) in [4.78, 5) is 14.8. The second-order valence-electron chi connectivity index (χ2n) is 7.27. The summed E-state index contributed by atoms with van der Waals surface area (Å²) in [7, 11) is 0. The van der Waals surface area contributed by atoms with Crippen molar-refractivity contribution < 1.29 is 14.3 Å². The molecule has 1 aromatic carbocycles. The van der Waals surface area contributed by atoms with E-state index in [1.54, 1.807) is 0 Å². The molecule has 0 radical (unpaired) electrons. The second-order valence-corrected chi connectivity index (χ2v) is 7.27. The fraction of sp³-hybridized carbons (Fsp3) is 0.526. The molecule has 1 aromatic heterocycles. The van der Waals surface area contributed by atoms with E-state index >= 15 is 0 Å². The normalized spacial score (nSPS) is 22.4. The molecule has 8 nitrogen and oxygen atoms in total. The van der Waals surface area contributed by atoms with Crippen LogP contribution in [0.1, 0.15) is 30.4 Å². The first-order valence-corrected chi connectivity index (χ1v) is 9.59. The number of fused-ring (bicyclic) bond motifs is 2. The van der Waals surface area contributed by atoms with Gasteiger partial charge in [-0.15, -0.1) is 10.2 Å². The van der Waals surface area contributed by atoms with Crippen LogP contribution in [0.2, 0.25) is 0 Å². The first-order valence-electron chi connectivity index (χ1n) is 9.59. The molecule has 0 bridgehead atoms. The summed E-state index contributed by atoms with van der Waals surface area (Å²) >= 11 is 0. The van der Waals surface area contributed by atoms with E-state index in [0.717, 1.165) is 44.1 Å². The van der Waals surface area contributed by atoms with Crippen molar-refractivity contribution in [2.24, 2.45) is 0 Å². The van der Waals surface area contributed by atoms with Gasteiger partial charge in [-0.3, -0.25) is 4.79 Å². The van der Waals surface area contributed by atoms with Crippen molar-refractivity contribution in [1.29, 1.82) is 0 Å². The van der Waals surface area contributed by atoms with Gasteiger partial charge in [0.15, 0.2) is 11.5 Å². The van der Waals surface area contributed by atoms with Gasteiger partial charge in [-0.1, -0.05) is 12.1 Å². The fourth-order valence-electron chi connectivity index (χ4n) is 4.12. The molecule has 1 atom stereocenters. The Morgan fingerprint density at radius 2 is 1.93 bits per heavy atom. The smallest absolute Gasteiger partial charge is 0.267 e. The largest absolute Gasteiger partial charge is 0.485 e. The van der Waals surface area contributed by atoms with Gasteiger partial charge in [0, 0.05) is 32.1 Å². The standard InChI is InChI=1S/C19H23N5O3/c25-19(16-12-26-14-3-1-2-4-15(14)27-16)23-8-5-13(6-9-23)18-22-21-17-11-20-7-10-24(17)18/h1-4,13,16,20H,5-12H2. The number of likely N-dealkylation sites (tertiary alicyclic amines) is 1. The molecule has 3 aliphatic rings. The van der Waals surface area contributed by atoms with Gasteiger partial charge in [0.2, 0.25) is 6.10 Å². The van der Waals surface area contributed by atoms with Gasteiger partial charge < -0.3 is 24.3 Å². The minimum absolute atomic E-state index is 0.00965. The van der Waals surface area contributed by atoms with Crippen LogP contribution in [0.4, 0.5) is 0 Å². The van der Waals surface area contributed by atoms with Crippen LogP contribution in [-0.2, 0) is 17.9 Å². The molecule has 8 heteroatoms. The molecule has 1 unspecified atom stereocenters. The van der Waals surface area contributed by atoms with Gasteiger partial charge in [0.25, 0.3) is 5.91 Å². The van der Waals surface area contributed by atoms with Crippen LogP contribution in [0.15, 0.2) is 24.3 Å². The van der Waals surface area contributed by atoms with Gasteiger partial charge in [-0.05, 0) is 25.0 Å². The highest BCUT2D eigenvalue weighted by Crippen LogP contribution is 2.32. The quantitative estimate of drug-likeness (QED) is 0.848. The molecule has 2 aromatic rings. The summed E-state index contributed by atoms with van der Waals surface area (Å²) < 4.78 is 13.8. The predicted molar refractivity (Wildman–Crippen MR) is 96.6 cm³/mol. The zero-order valence-corrected chi connectivity index (χ0v) is 15.1. The maximum absolute atomic E-state index is 12.9. The molecular weight excluding hydrogens is 346 g/mol. The number of amides is 1. The molecule has 1 fully saturated rings. The highest BCUT2D eigenvalue weighted by Gasteiger charge is 2.34. The summed E-state index contributed by atoms with van der Waals surface area (Å²) in [5.41, 5.74) is 0. The summed E-state index contributed by atoms with van der Waals surface area (Å²) in [6, 6.07) is 7.48. The molecule has 1 N–H and O–H groups in total. The monoisotopic (exact) mass is 369 g/mol. The zero-order chi connectivity index (χ0) is 18.2. The number of carbonyl (C=O) groups excluding carboxylic acids is 1. The number of hydrogen-bond donors (Lipinski definition) is 1. The minimum atomic E-state index is -0.566. The third-order valence-electron chi connectivity index (χ3n) is 5.61. The Hall–Kier alpha value is -2.61. The summed E-state index contributed by atoms with van der Waals surface area (Å²) in [5.74, 6) is 3.80. The van der Waals surface area contributed by atoms with Gasteiger partial charge in [-0.2, -0.15) is 0 Å². The van der Waals surface area contributed by atoms with Crippen LogP contribution in [0, 0.1) is 0 Å². The molecule has 1 saturated heterocycles. The Morgan fingerprint density at radius 3 is 2.78 bits per heavy atom. The number of carbonyl (C=O) groups is 1. The SMILES string of the molecule is O=C(C1COc2ccccc2O1)N1CCC(c2nnc3n2CCNC3)CC1. The summed E-state index contributed by atoms with van der Waals surface area (Å²) in [5, 5.41) is 12.1. The predicted octanol–water partition coefficient (Wildman–Crippen LogP) is 0.927. The van der Waals surface area contributed by atoms with Crippen LogP contribution in [0.5, 0.6) is 11.5 Å². The number of piperidine rings is 1. The maximum Gasteiger partial charge on any atom is 0.267 e. The highest BCUT2D eigenvalue weighted by molar-refractivity contribution is 5.82. The summed E-state index contributed by atoms with van der Waals surface area (Å²) in [6.45, 7) is 4.35. The highest BCUT2D eigenvalue weighted by atomic mass is 16.6. The van der Waals surface area contributed by atoms with E-state index in [9.17, 15) is 4.79 Å². The van der Waals surface area contributed by atoms with Gasteiger partial charge in [0.1, 0.15) is 18.3 Å². The molecule has 0 saturated carbocycles. The Bertz CT molecular complexity index is 844. The van der Waals surface area contributed by atoms with Crippen LogP contribution >= 0.6 is 0 Å². The van der Waals surface area contributed by atoms with E-state index in [4.69, 9.17) is 9.47 Å². The first kappa shape index (κ1) is 16.6. The second kappa shape index (κ2) is 6.84. The number of para-hydroxylation sites is 2. The van der Waals surface area contributed by atoms with Crippen molar-refractivity contribution in [3.63, 3.8) is 0 Å². The molecule has 0 aliphatic carbocycles. The van der Waals surface area contributed by atoms with Gasteiger partial charge >= 0.3 is 0 Å². The number of aromatic nitrogens is 3. The topological polar surface area (TPSA) is 81.5 Å². The third-order valence-corrected chi connectivity index (χ3v) is 5.61. The Morgan fingerprint density at radius 1 is 1.11 bits per heavy atom. The van der Waals surface area contributed by atoms with Crippen molar-refractivity contribution in [1.82, 2.24) is 25.0 Å². The molecule has 5 rings (SSSR count). The number of hydrogen-bond acceptors (Lipinski definition) is 6. The van der Waals surface area contributed by atoms with E-state index in [-0.39, 0.29) is 12.5 Å². The molecule has 3 aliphatic heterocycles. The van der Waals surface area contributed by atoms with Crippen molar-refractivity contribution in [2.75, 3.05) is 26.2 Å². The Kier molecular flexibility index (Phi) is 4.20. The number of benzene rings is 1. The lowest BCUT2D eigenvalue weighted by Crippen LogP contribution is -2.49. The van der Waals surface area contributed by atoms with E-state index in [0.29, 0.717) is 30.5 Å². The number of nitrogens with zero attached hydrogens (tertiary/aromatic N) is 4. The van der Waals surface area contributed by atoms with E-state index < -0.39 is 6.10 Å². The third kappa shape index (κ3) is 3.03. The lowest BCUT2D eigenvalue weighted by molar-refractivity contribution is -0.142. The van der Waals surface area contributed by atoms with Gasteiger partial charge in [0.05, 0.1) is 6.54 Å². The van der Waals surface area contributed by atoms with Crippen molar-refractivity contribution in [2.45, 2.75) is 38.0 Å². The average molecular weight is 369 g/mol. The molecule has 27 heavy (non-hydrogen) atoms. The van der Waals surface area contributed by atoms with Gasteiger partial charge in [-0.25, -0.2) is 0 Å². The van der Waals surface area contributed by atoms with Crippen LogP contribution in [0.25, 0.3) is 0 Å². The molecule has 0 spiro atoms. The molecule has 142 valence electrons. The molecule has 1 amide bonds. The Labute approximate surface area is 157 Å². The molecule has 4 heterocycles. The Balaban J connectivity index is 1.22. The lowest BCUT2D eigenvalue weighted by atomic mass is 9.95.